The second kappa shape index (κ2) is 3.66. The number of alkyl halides is 1. The molecule has 0 aromatic carbocycles. The molecular weight excluding hydrogens is 157 g/mol. The molecule has 1 aliphatic carbocycles. The predicted octanol–water partition coefficient (Wildman–Crippen LogP) is 2.14. The van der Waals surface area contributed by atoms with Crippen LogP contribution in [0, 0.1) is 11.3 Å². The van der Waals surface area contributed by atoms with Gasteiger partial charge in [-0.15, -0.1) is 0 Å². The van der Waals surface area contributed by atoms with Crippen molar-refractivity contribution in [2.24, 2.45) is 0 Å². The van der Waals surface area contributed by atoms with Crippen LogP contribution in [-0.4, -0.2) is 11.5 Å². The highest BCUT2D eigenvalue weighted by atomic mass is 19.1. The minimum atomic E-state index is -1.67. The number of carbonyl (C=O) groups excluding carboxylic acids is 1. The summed E-state index contributed by atoms with van der Waals surface area (Å²) in [7, 11) is 0. The molecule has 0 amide bonds. The van der Waals surface area contributed by atoms with E-state index >= 15 is 0 Å². The third-order valence-corrected chi connectivity index (χ3v) is 2.36. The molecule has 0 aromatic rings. The van der Waals surface area contributed by atoms with Crippen LogP contribution < -0.4 is 0 Å². The lowest BCUT2D eigenvalue weighted by atomic mass is 9.82. The maximum absolute atomic E-state index is 13.7. The second-order valence-electron chi connectivity index (χ2n) is 3.25. The third-order valence-electron chi connectivity index (χ3n) is 2.36. The van der Waals surface area contributed by atoms with Crippen molar-refractivity contribution >= 4 is 5.78 Å². The Kier molecular flexibility index (Phi) is 2.80. The maximum atomic E-state index is 13.7. The summed E-state index contributed by atoms with van der Waals surface area (Å²) >= 11 is 0. The molecule has 66 valence electrons. The molecule has 12 heavy (non-hydrogen) atoms. The SMILES string of the molecule is N#CCCC1(F)CCCCC1=O. The fraction of sp³-hybridized carbons (Fsp3) is 0.778. The molecule has 0 bridgehead atoms. The summed E-state index contributed by atoms with van der Waals surface area (Å²) in [5.41, 5.74) is -1.67. The van der Waals surface area contributed by atoms with Gasteiger partial charge in [0.25, 0.3) is 0 Å². The van der Waals surface area contributed by atoms with Gasteiger partial charge >= 0.3 is 0 Å². The number of rotatable bonds is 2. The largest absolute Gasteiger partial charge is 0.296 e. The quantitative estimate of drug-likeness (QED) is 0.635. The number of hydrogen-bond acceptors (Lipinski definition) is 2. The van der Waals surface area contributed by atoms with Gasteiger partial charge in [0.15, 0.2) is 11.5 Å². The molecule has 0 saturated heterocycles. The molecule has 0 aliphatic heterocycles. The minimum absolute atomic E-state index is 0.0856. The van der Waals surface area contributed by atoms with E-state index in [0.717, 1.165) is 12.8 Å². The van der Waals surface area contributed by atoms with Gasteiger partial charge in [-0.25, -0.2) is 4.39 Å². The zero-order chi connectivity index (χ0) is 9.03. The predicted molar refractivity (Wildman–Crippen MR) is 42.2 cm³/mol. The van der Waals surface area contributed by atoms with E-state index in [4.69, 9.17) is 5.26 Å². The van der Waals surface area contributed by atoms with Gasteiger partial charge in [-0.05, 0) is 19.3 Å². The molecule has 0 spiro atoms. The smallest absolute Gasteiger partial charge is 0.170 e. The first-order chi connectivity index (χ1) is 5.69. The lowest BCUT2D eigenvalue weighted by Crippen LogP contribution is -2.36. The summed E-state index contributed by atoms with van der Waals surface area (Å²) in [6.07, 6.45) is 2.46. The number of hydrogen-bond donors (Lipinski definition) is 0. The molecule has 1 aliphatic rings. The molecule has 0 radical (unpaired) electrons. The molecule has 0 N–H and O–H groups in total. The number of carbonyl (C=O) groups is 1. The van der Waals surface area contributed by atoms with Gasteiger partial charge in [0.1, 0.15) is 0 Å². The van der Waals surface area contributed by atoms with Crippen LogP contribution in [0.1, 0.15) is 38.5 Å². The Bertz CT molecular complexity index is 221. The summed E-state index contributed by atoms with van der Waals surface area (Å²) in [5, 5.41) is 8.27. The van der Waals surface area contributed by atoms with Crippen LogP contribution in [-0.2, 0) is 4.79 Å². The van der Waals surface area contributed by atoms with Crippen LogP contribution in [0.15, 0.2) is 0 Å². The fourth-order valence-electron chi connectivity index (χ4n) is 1.57. The Morgan fingerprint density at radius 1 is 1.58 bits per heavy atom. The van der Waals surface area contributed by atoms with Crippen molar-refractivity contribution in [3.05, 3.63) is 0 Å². The Labute approximate surface area is 71.4 Å². The van der Waals surface area contributed by atoms with Gasteiger partial charge in [-0.1, -0.05) is 0 Å². The number of nitrogens with zero attached hydrogens (tertiary/aromatic N) is 1. The van der Waals surface area contributed by atoms with Crippen molar-refractivity contribution in [2.45, 2.75) is 44.2 Å². The Balaban J connectivity index is 2.55. The van der Waals surface area contributed by atoms with E-state index in [1.165, 1.54) is 0 Å². The van der Waals surface area contributed by atoms with E-state index in [-0.39, 0.29) is 18.6 Å². The molecule has 0 heterocycles. The summed E-state index contributed by atoms with van der Waals surface area (Å²) in [5.74, 6) is -0.302. The lowest BCUT2D eigenvalue weighted by molar-refractivity contribution is -0.133. The summed E-state index contributed by atoms with van der Waals surface area (Å²) in [6, 6.07) is 1.87. The van der Waals surface area contributed by atoms with Gasteiger partial charge in [0.05, 0.1) is 6.07 Å². The molecule has 1 unspecified atom stereocenters. The Morgan fingerprint density at radius 3 is 2.92 bits per heavy atom. The zero-order valence-electron chi connectivity index (χ0n) is 6.98. The zero-order valence-corrected chi connectivity index (χ0v) is 6.98. The molecule has 2 nitrogen and oxygen atoms in total. The second-order valence-corrected chi connectivity index (χ2v) is 3.25. The van der Waals surface area contributed by atoms with Crippen LogP contribution in [0.3, 0.4) is 0 Å². The van der Waals surface area contributed by atoms with E-state index < -0.39 is 5.67 Å². The first kappa shape index (κ1) is 9.18. The first-order valence-electron chi connectivity index (χ1n) is 4.28. The number of halogens is 1. The summed E-state index contributed by atoms with van der Waals surface area (Å²) in [6.45, 7) is 0. The monoisotopic (exact) mass is 169 g/mol. The number of Topliss-reactive ketones (excluding diaryl/α,β-unsaturated/α-hetero) is 1. The van der Waals surface area contributed by atoms with Gasteiger partial charge in [0, 0.05) is 19.3 Å². The van der Waals surface area contributed by atoms with E-state index in [1.807, 2.05) is 6.07 Å². The van der Waals surface area contributed by atoms with Crippen LogP contribution in [0.2, 0.25) is 0 Å². The molecule has 1 fully saturated rings. The van der Waals surface area contributed by atoms with Crippen LogP contribution in [0.25, 0.3) is 0 Å². The molecule has 1 atom stereocenters. The molecular formula is C9H12FNO. The van der Waals surface area contributed by atoms with E-state index in [0.29, 0.717) is 12.8 Å². The van der Waals surface area contributed by atoms with Crippen molar-refractivity contribution in [2.75, 3.05) is 0 Å². The highest BCUT2D eigenvalue weighted by Gasteiger charge is 2.39. The van der Waals surface area contributed by atoms with Gasteiger partial charge < -0.3 is 0 Å². The van der Waals surface area contributed by atoms with E-state index in [1.54, 1.807) is 0 Å². The molecule has 1 rings (SSSR count). The highest BCUT2D eigenvalue weighted by molar-refractivity contribution is 5.87. The standard InChI is InChI=1S/C9H12FNO/c10-9(6-3-7-11)5-2-1-4-8(9)12/h1-6H2. The number of ketones is 1. The van der Waals surface area contributed by atoms with Crippen molar-refractivity contribution in [3.8, 4) is 6.07 Å². The lowest BCUT2D eigenvalue weighted by Gasteiger charge is -2.26. The Morgan fingerprint density at radius 2 is 2.33 bits per heavy atom. The Hall–Kier alpha value is -0.910. The summed E-state index contributed by atoms with van der Waals surface area (Å²) in [4.78, 5) is 11.1. The van der Waals surface area contributed by atoms with Gasteiger partial charge in [-0.2, -0.15) is 5.26 Å². The van der Waals surface area contributed by atoms with Crippen molar-refractivity contribution in [1.29, 1.82) is 5.26 Å². The molecule has 3 heteroatoms. The van der Waals surface area contributed by atoms with E-state index in [9.17, 15) is 9.18 Å². The van der Waals surface area contributed by atoms with Crippen molar-refractivity contribution in [1.82, 2.24) is 0 Å². The van der Waals surface area contributed by atoms with Gasteiger partial charge in [0.2, 0.25) is 0 Å². The molecule has 1 saturated carbocycles. The van der Waals surface area contributed by atoms with Gasteiger partial charge in [-0.3, -0.25) is 4.79 Å². The van der Waals surface area contributed by atoms with Crippen molar-refractivity contribution in [3.63, 3.8) is 0 Å². The number of nitriles is 1. The van der Waals surface area contributed by atoms with Crippen LogP contribution in [0.4, 0.5) is 4.39 Å². The topological polar surface area (TPSA) is 40.9 Å². The molecule has 0 aromatic heterocycles. The van der Waals surface area contributed by atoms with Crippen molar-refractivity contribution < 1.29 is 9.18 Å². The fourth-order valence-corrected chi connectivity index (χ4v) is 1.57. The van der Waals surface area contributed by atoms with Crippen LogP contribution >= 0.6 is 0 Å². The minimum Gasteiger partial charge on any atom is -0.296 e. The van der Waals surface area contributed by atoms with Crippen LogP contribution in [0.5, 0.6) is 0 Å². The maximum Gasteiger partial charge on any atom is 0.170 e. The van der Waals surface area contributed by atoms with E-state index in [2.05, 4.69) is 0 Å². The third kappa shape index (κ3) is 1.82. The average molecular weight is 169 g/mol. The summed E-state index contributed by atoms with van der Waals surface area (Å²) < 4.78 is 13.7. The highest BCUT2D eigenvalue weighted by Crippen LogP contribution is 2.32. The average Bonchev–Trinajstić information content (AvgIpc) is 2.07. The first-order valence-corrected chi connectivity index (χ1v) is 4.28. The normalized spacial score (nSPS) is 29.8.